The van der Waals surface area contributed by atoms with Crippen molar-refractivity contribution in [1.29, 1.82) is 0 Å². The number of ether oxygens (including phenoxy) is 1. The van der Waals surface area contributed by atoms with Crippen molar-refractivity contribution in [1.82, 2.24) is 24.6 Å². The molecule has 0 bridgehead atoms. The maximum atomic E-state index is 12.9. The number of carbonyl (C=O) groups excluding carboxylic acids is 1. The smallest absolute Gasteiger partial charge is 0.229 e. The lowest BCUT2D eigenvalue weighted by Gasteiger charge is -2.33. The minimum Gasteiger partial charge on any atom is -0.488 e. The second kappa shape index (κ2) is 11.1. The Bertz CT molecular complexity index is 1600. The third-order valence-electron chi connectivity index (χ3n) is 7.72. The number of sulfone groups is 1. The molecule has 1 aromatic carbocycles. The van der Waals surface area contributed by atoms with Gasteiger partial charge in [0.15, 0.2) is 5.82 Å². The van der Waals surface area contributed by atoms with Crippen LogP contribution in [0.1, 0.15) is 63.1 Å². The molecule has 1 atom stereocenters. The molecule has 2 aliphatic heterocycles. The monoisotopic (exact) mass is 601 g/mol. The molecule has 41 heavy (non-hydrogen) atoms. The van der Waals surface area contributed by atoms with Crippen LogP contribution in [0.5, 0.6) is 5.75 Å². The fourth-order valence-electron chi connectivity index (χ4n) is 5.64. The lowest BCUT2D eigenvalue weighted by Crippen LogP contribution is -2.36. The summed E-state index contributed by atoms with van der Waals surface area (Å²) in [7, 11) is -2.00. The summed E-state index contributed by atoms with van der Waals surface area (Å²) in [5.74, 6) is 1.80. The molecular formula is C28H36ClN7O4S. The van der Waals surface area contributed by atoms with Gasteiger partial charge in [-0.25, -0.2) is 13.4 Å². The Morgan fingerprint density at radius 3 is 2.56 bits per heavy atom. The summed E-state index contributed by atoms with van der Waals surface area (Å²) < 4.78 is 33.5. The van der Waals surface area contributed by atoms with E-state index in [-0.39, 0.29) is 39.5 Å². The third-order valence-corrected chi connectivity index (χ3v) is 10.1. The van der Waals surface area contributed by atoms with Gasteiger partial charge in [-0.2, -0.15) is 10.1 Å². The average molecular weight is 602 g/mol. The molecule has 5 rings (SSSR count). The van der Waals surface area contributed by atoms with Crippen molar-refractivity contribution in [3.8, 4) is 5.75 Å². The zero-order chi connectivity index (χ0) is 29.6. The molecule has 220 valence electrons. The number of rotatable bonds is 7. The van der Waals surface area contributed by atoms with Gasteiger partial charge in [-0.15, -0.1) is 0 Å². The Hall–Kier alpha value is -3.38. The number of hydrogen-bond donors (Lipinski definition) is 2. The van der Waals surface area contributed by atoms with E-state index in [2.05, 4.69) is 45.6 Å². The molecule has 4 heterocycles. The summed E-state index contributed by atoms with van der Waals surface area (Å²) in [6.45, 7) is 10.5. The molecule has 3 aromatic rings. The molecule has 1 fully saturated rings. The van der Waals surface area contributed by atoms with E-state index in [4.69, 9.17) is 16.3 Å². The molecule has 1 amide bonds. The Kier molecular flexibility index (Phi) is 7.90. The van der Waals surface area contributed by atoms with Crippen LogP contribution in [0, 0.1) is 6.92 Å². The van der Waals surface area contributed by atoms with Crippen LogP contribution in [0.4, 0.5) is 23.1 Å². The minimum atomic E-state index is -3.65. The van der Waals surface area contributed by atoms with E-state index >= 15 is 0 Å². The van der Waals surface area contributed by atoms with E-state index in [1.54, 1.807) is 34.0 Å². The normalized spacial score (nSPS) is 17.5. The predicted molar refractivity (Wildman–Crippen MR) is 158 cm³/mol. The molecule has 0 spiro atoms. The Morgan fingerprint density at radius 1 is 1.20 bits per heavy atom. The molecule has 2 aliphatic rings. The highest BCUT2D eigenvalue weighted by atomic mass is 35.5. The van der Waals surface area contributed by atoms with Crippen molar-refractivity contribution in [2.45, 2.75) is 76.2 Å². The quantitative estimate of drug-likeness (QED) is 0.388. The van der Waals surface area contributed by atoms with Crippen molar-refractivity contribution < 1.29 is 17.9 Å². The fraction of sp³-hybridized carbons (Fsp3) is 0.500. The Balaban J connectivity index is 1.44. The van der Waals surface area contributed by atoms with Gasteiger partial charge in [0.25, 0.3) is 0 Å². The average Bonchev–Trinajstić information content (AvgIpc) is 3.48. The van der Waals surface area contributed by atoms with Crippen LogP contribution >= 0.6 is 11.6 Å². The number of hydrogen-bond acceptors (Lipinski definition) is 9. The molecular weight excluding hydrogens is 566 g/mol. The number of benzene rings is 1. The van der Waals surface area contributed by atoms with E-state index in [1.165, 1.54) is 22.0 Å². The van der Waals surface area contributed by atoms with E-state index in [9.17, 15) is 13.2 Å². The van der Waals surface area contributed by atoms with Gasteiger partial charge in [-0.1, -0.05) is 11.6 Å². The summed E-state index contributed by atoms with van der Waals surface area (Å²) in [6, 6.07) is 2.06. The summed E-state index contributed by atoms with van der Waals surface area (Å²) in [5, 5.41) is 10.0. The number of nitrogens with one attached hydrogen (secondary N) is 2. The summed E-state index contributed by atoms with van der Waals surface area (Å²) >= 11 is 6.42. The highest BCUT2D eigenvalue weighted by Gasteiger charge is 2.32. The number of aryl methyl sites for hydroxylation is 2. The van der Waals surface area contributed by atoms with E-state index in [0.29, 0.717) is 5.92 Å². The van der Waals surface area contributed by atoms with Crippen LogP contribution < -0.4 is 15.4 Å². The molecule has 13 heteroatoms. The largest absolute Gasteiger partial charge is 0.488 e. The zero-order valence-corrected chi connectivity index (χ0v) is 25.7. The van der Waals surface area contributed by atoms with Crippen molar-refractivity contribution >= 4 is 50.5 Å². The SMILES string of the molecule is CC(=O)N1CCC(c2c(C)cc(Nc3ncc(Cl)c(Nc4cn(C)nc4S(=O)(=O)C(C)C)n3)c3c2CC(C)O3)CC1. The van der Waals surface area contributed by atoms with Crippen LogP contribution in [0.15, 0.2) is 23.5 Å². The summed E-state index contributed by atoms with van der Waals surface area (Å²) in [5.41, 5.74) is 4.68. The number of fused-ring (bicyclic) bond motifs is 1. The number of halogens is 1. The predicted octanol–water partition coefficient (Wildman–Crippen LogP) is 4.89. The topological polar surface area (TPSA) is 131 Å². The zero-order valence-electron chi connectivity index (χ0n) is 24.2. The second-order valence-electron chi connectivity index (χ2n) is 11.1. The number of piperidine rings is 1. The highest BCUT2D eigenvalue weighted by molar-refractivity contribution is 7.92. The van der Waals surface area contributed by atoms with Gasteiger partial charge in [0.05, 0.1) is 22.8 Å². The van der Waals surface area contributed by atoms with Crippen LogP contribution in [0.25, 0.3) is 0 Å². The number of anilines is 4. The summed E-state index contributed by atoms with van der Waals surface area (Å²) in [6.07, 6.45) is 5.71. The molecule has 1 saturated heterocycles. The molecule has 0 aliphatic carbocycles. The lowest BCUT2D eigenvalue weighted by molar-refractivity contribution is -0.129. The standard InChI is InChI=1S/C28H36ClN7O4S/c1-15(2)41(38,39)27-23(14-35(6)34-27)31-26-21(29)13-30-28(33-26)32-22-11-16(3)24(20-12-17(4)40-25(20)22)19-7-9-36(10-8-19)18(5)37/h11,13-15,17,19H,7-10,12H2,1-6H3,(H2,30,31,32,33). The summed E-state index contributed by atoms with van der Waals surface area (Å²) in [4.78, 5) is 22.7. The second-order valence-corrected chi connectivity index (χ2v) is 14.0. The van der Waals surface area contributed by atoms with Gasteiger partial charge < -0.3 is 20.3 Å². The number of aromatic nitrogens is 4. The molecule has 0 radical (unpaired) electrons. The first-order valence-corrected chi connectivity index (χ1v) is 15.7. The van der Waals surface area contributed by atoms with Crippen LogP contribution in [-0.2, 0) is 28.1 Å². The van der Waals surface area contributed by atoms with Gasteiger partial charge in [-0.05, 0) is 63.6 Å². The van der Waals surface area contributed by atoms with Crippen molar-refractivity contribution in [3.05, 3.63) is 40.2 Å². The molecule has 1 unspecified atom stereocenters. The highest BCUT2D eigenvalue weighted by Crippen LogP contribution is 2.46. The maximum absolute atomic E-state index is 12.9. The molecule has 2 N–H and O–H groups in total. The van der Waals surface area contributed by atoms with Gasteiger partial charge in [-0.3, -0.25) is 9.48 Å². The van der Waals surface area contributed by atoms with Crippen molar-refractivity contribution in [3.63, 3.8) is 0 Å². The number of likely N-dealkylation sites (tertiary alicyclic amines) is 1. The van der Waals surface area contributed by atoms with Gasteiger partial charge in [0, 0.05) is 45.2 Å². The fourth-order valence-corrected chi connectivity index (χ4v) is 6.88. The molecule has 0 saturated carbocycles. The van der Waals surface area contributed by atoms with E-state index in [1.807, 2.05) is 4.90 Å². The van der Waals surface area contributed by atoms with Crippen LogP contribution in [-0.4, -0.2) is 63.4 Å². The first kappa shape index (κ1) is 29.1. The van der Waals surface area contributed by atoms with Gasteiger partial charge in [0.1, 0.15) is 16.9 Å². The van der Waals surface area contributed by atoms with Crippen molar-refractivity contribution in [2.75, 3.05) is 23.7 Å². The number of carbonyl (C=O) groups is 1. The van der Waals surface area contributed by atoms with Crippen LogP contribution in [0.3, 0.4) is 0 Å². The Labute approximate surface area is 245 Å². The maximum Gasteiger partial charge on any atom is 0.229 e. The van der Waals surface area contributed by atoms with Gasteiger partial charge in [0.2, 0.25) is 26.7 Å². The van der Waals surface area contributed by atoms with E-state index < -0.39 is 15.1 Å². The van der Waals surface area contributed by atoms with Crippen molar-refractivity contribution in [2.24, 2.45) is 7.05 Å². The number of amides is 1. The Morgan fingerprint density at radius 2 is 1.90 bits per heavy atom. The third kappa shape index (κ3) is 5.72. The lowest BCUT2D eigenvalue weighted by atomic mass is 9.82. The number of nitrogens with zero attached hydrogens (tertiary/aromatic N) is 5. The minimum absolute atomic E-state index is 0.0266. The first-order valence-electron chi connectivity index (χ1n) is 13.8. The molecule has 11 nitrogen and oxygen atoms in total. The molecule has 2 aromatic heterocycles. The first-order chi connectivity index (χ1) is 19.3. The van der Waals surface area contributed by atoms with Gasteiger partial charge >= 0.3 is 0 Å². The van der Waals surface area contributed by atoms with Crippen LogP contribution in [0.2, 0.25) is 5.02 Å². The van der Waals surface area contributed by atoms with E-state index in [0.717, 1.165) is 49.4 Å².